The molecule has 46 valence electrons. The molecule has 0 atom stereocenters. The lowest BCUT2D eigenvalue weighted by Crippen LogP contribution is -2.29. The van der Waals surface area contributed by atoms with Crippen LogP contribution in [-0.2, 0) is 0 Å². The van der Waals surface area contributed by atoms with Gasteiger partial charge in [0, 0.05) is 23.3 Å². The molecule has 1 saturated heterocycles. The van der Waals surface area contributed by atoms with Crippen LogP contribution in [-0.4, -0.2) is 18.3 Å². The van der Waals surface area contributed by atoms with Crippen LogP contribution >= 0.6 is 21.8 Å². The molecule has 0 spiro atoms. The van der Waals surface area contributed by atoms with Crippen LogP contribution in [0.5, 0.6) is 0 Å². The first-order valence-corrected chi connectivity index (χ1v) is 4.54. The number of nitrogens with one attached hydrogen (secondary N) is 2. The van der Waals surface area contributed by atoms with E-state index >= 15 is 0 Å². The molecule has 1 aliphatic rings. The molecule has 0 aromatic heterocycles. The predicted octanol–water partition coefficient (Wildman–Crippen LogP) is 0.596. The predicted molar refractivity (Wildman–Crippen MR) is 36.6 cm³/mol. The van der Waals surface area contributed by atoms with Gasteiger partial charge < -0.3 is 5.32 Å². The minimum absolute atomic E-state index is 0.0833. The third-order valence-corrected chi connectivity index (χ3v) is 2.53. The Morgan fingerprint density at radius 2 is 2.50 bits per heavy atom. The van der Waals surface area contributed by atoms with Crippen molar-refractivity contribution in [3.05, 3.63) is 0 Å². The summed E-state index contributed by atoms with van der Waals surface area (Å²) in [5, 5.41) is 2.65. The number of urea groups is 1. The second-order valence-electron chi connectivity index (χ2n) is 1.26. The molecule has 1 aliphatic heterocycles. The quantitative estimate of drug-likeness (QED) is 0.392. The normalized spacial score (nSPS) is 20.8. The van der Waals surface area contributed by atoms with Crippen LogP contribution in [0.4, 0.5) is 4.79 Å². The van der Waals surface area contributed by atoms with Gasteiger partial charge in [0.1, 0.15) is 0 Å². The molecule has 3 nitrogen and oxygen atoms in total. The average molecular weight is 150 g/mol. The molecule has 1 heterocycles. The van der Waals surface area contributed by atoms with Crippen molar-refractivity contribution < 1.29 is 4.79 Å². The zero-order valence-electron chi connectivity index (χ0n) is 4.14. The SMILES string of the molecule is O=C1NCCSSN1. The maximum absolute atomic E-state index is 10.4. The Kier molecular flexibility index (Phi) is 2.35. The first-order valence-electron chi connectivity index (χ1n) is 2.22. The van der Waals surface area contributed by atoms with Crippen LogP contribution in [0.3, 0.4) is 0 Å². The van der Waals surface area contributed by atoms with Crippen molar-refractivity contribution in [3.8, 4) is 0 Å². The van der Waals surface area contributed by atoms with E-state index in [2.05, 4.69) is 10.0 Å². The molecular formula is C3H6N2OS2. The van der Waals surface area contributed by atoms with Gasteiger partial charge in [0.25, 0.3) is 0 Å². The fourth-order valence-corrected chi connectivity index (χ4v) is 1.73. The topological polar surface area (TPSA) is 41.1 Å². The molecule has 0 aromatic carbocycles. The molecule has 0 saturated carbocycles. The van der Waals surface area contributed by atoms with E-state index in [4.69, 9.17) is 0 Å². The van der Waals surface area contributed by atoms with Gasteiger partial charge in [0.15, 0.2) is 0 Å². The van der Waals surface area contributed by atoms with E-state index in [1.807, 2.05) is 0 Å². The number of hydrogen-bond donors (Lipinski definition) is 2. The summed E-state index contributed by atoms with van der Waals surface area (Å²) < 4.78 is 2.57. The standard InChI is InChI=1S/C3H6N2OS2/c6-3-4-1-2-7-8-5-3/h1-2H2,(H2,4,5,6). The van der Waals surface area contributed by atoms with Crippen molar-refractivity contribution in [1.82, 2.24) is 10.0 Å². The molecule has 0 aromatic rings. The van der Waals surface area contributed by atoms with Crippen LogP contribution in [0.25, 0.3) is 0 Å². The Morgan fingerprint density at radius 3 is 3.38 bits per heavy atom. The number of carbonyl (C=O) groups excluding carboxylic acids is 1. The summed E-state index contributed by atoms with van der Waals surface area (Å²) in [4.78, 5) is 10.4. The first-order chi connectivity index (χ1) is 3.89. The molecule has 0 radical (unpaired) electrons. The van der Waals surface area contributed by atoms with Gasteiger partial charge in [0.05, 0.1) is 0 Å². The molecule has 2 N–H and O–H groups in total. The molecule has 8 heavy (non-hydrogen) atoms. The van der Waals surface area contributed by atoms with E-state index in [1.165, 1.54) is 11.0 Å². The third kappa shape index (κ3) is 1.83. The minimum atomic E-state index is -0.0833. The van der Waals surface area contributed by atoms with Crippen molar-refractivity contribution >= 4 is 27.8 Å². The molecule has 2 amide bonds. The van der Waals surface area contributed by atoms with Gasteiger partial charge in [-0.3, -0.25) is 4.72 Å². The Morgan fingerprint density at radius 1 is 1.62 bits per heavy atom. The van der Waals surface area contributed by atoms with E-state index in [1.54, 1.807) is 10.8 Å². The minimum Gasteiger partial charge on any atom is -0.337 e. The van der Waals surface area contributed by atoms with Crippen molar-refractivity contribution in [3.63, 3.8) is 0 Å². The fraction of sp³-hybridized carbons (Fsp3) is 0.667. The highest BCUT2D eigenvalue weighted by Gasteiger charge is 2.02. The van der Waals surface area contributed by atoms with Gasteiger partial charge in [-0.2, -0.15) is 0 Å². The Balaban J connectivity index is 2.27. The van der Waals surface area contributed by atoms with Crippen LogP contribution in [0.1, 0.15) is 0 Å². The van der Waals surface area contributed by atoms with Gasteiger partial charge in [-0.1, -0.05) is 10.8 Å². The van der Waals surface area contributed by atoms with E-state index < -0.39 is 0 Å². The summed E-state index contributed by atoms with van der Waals surface area (Å²) in [6.45, 7) is 0.767. The van der Waals surface area contributed by atoms with E-state index in [0.717, 1.165) is 12.3 Å². The third-order valence-electron chi connectivity index (χ3n) is 0.664. The largest absolute Gasteiger partial charge is 0.337 e. The number of rotatable bonds is 0. The van der Waals surface area contributed by atoms with Gasteiger partial charge in [-0.05, 0) is 0 Å². The second kappa shape index (κ2) is 3.09. The first kappa shape index (κ1) is 6.10. The van der Waals surface area contributed by atoms with Gasteiger partial charge in [0.2, 0.25) is 0 Å². The fourth-order valence-electron chi connectivity index (χ4n) is 0.351. The lowest BCUT2D eigenvalue weighted by molar-refractivity contribution is 0.247. The Labute approximate surface area is 55.5 Å². The van der Waals surface area contributed by atoms with E-state index in [-0.39, 0.29) is 6.03 Å². The van der Waals surface area contributed by atoms with E-state index in [0.29, 0.717) is 0 Å². The van der Waals surface area contributed by atoms with Gasteiger partial charge >= 0.3 is 6.03 Å². The molecule has 0 aliphatic carbocycles. The Bertz CT molecular complexity index is 87.3. The summed E-state index contributed by atoms with van der Waals surface area (Å²) in [7, 11) is 3.02. The monoisotopic (exact) mass is 150 g/mol. The summed E-state index contributed by atoms with van der Waals surface area (Å²) in [6.07, 6.45) is 0. The molecular weight excluding hydrogens is 144 g/mol. The second-order valence-corrected chi connectivity index (χ2v) is 3.49. The van der Waals surface area contributed by atoms with Crippen molar-refractivity contribution in [2.24, 2.45) is 0 Å². The van der Waals surface area contributed by atoms with Gasteiger partial charge in [-0.25, -0.2) is 4.79 Å². The maximum Gasteiger partial charge on any atom is 0.325 e. The highest BCUT2D eigenvalue weighted by molar-refractivity contribution is 8.76. The highest BCUT2D eigenvalue weighted by Crippen LogP contribution is 2.16. The lowest BCUT2D eigenvalue weighted by atomic mass is 10.7. The lowest BCUT2D eigenvalue weighted by Gasteiger charge is -1.94. The number of carbonyl (C=O) groups is 1. The van der Waals surface area contributed by atoms with Crippen molar-refractivity contribution in [2.75, 3.05) is 12.3 Å². The summed E-state index contributed by atoms with van der Waals surface area (Å²) in [6, 6.07) is -0.0833. The molecule has 0 unspecified atom stereocenters. The van der Waals surface area contributed by atoms with Crippen LogP contribution in [0.15, 0.2) is 0 Å². The Hall–Kier alpha value is -0.0300. The van der Waals surface area contributed by atoms with Crippen LogP contribution in [0, 0.1) is 0 Å². The highest BCUT2D eigenvalue weighted by atomic mass is 33.1. The molecule has 1 rings (SSSR count). The molecule has 5 heteroatoms. The van der Waals surface area contributed by atoms with Crippen LogP contribution < -0.4 is 10.0 Å². The maximum atomic E-state index is 10.4. The van der Waals surface area contributed by atoms with Crippen molar-refractivity contribution in [1.29, 1.82) is 0 Å². The molecule has 0 bridgehead atoms. The van der Waals surface area contributed by atoms with Crippen LogP contribution in [0.2, 0.25) is 0 Å². The van der Waals surface area contributed by atoms with Crippen molar-refractivity contribution in [2.45, 2.75) is 0 Å². The zero-order chi connectivity index (χ0) is 5.82. The smallest absolute Gasteiger partial charge is 0.325 e. The molecule has 1 fully saturated rings. The summed E-state index contributed by atoms with van der Waals surface area (Å²) in [5.74, 6) is 0.976. The number of hydrogen-bond acceptors (Lipinski definition) is 3. The van der Waals surface area contributed by atoms with E-state index in [9.17, 15) is 4.79 Å². The number of amides is 2. The average Bonchev–Trinajstić information content (AvgIpc) is 1.94. The summed E-state index contributed by atoms with van der Waals surface area (Å²) in [5.41, 5.74) is 0. The zero-order valence-corrected chi connectivity index (χ0v) is 5.77. The summed E-state index contributed by atoms with van der Waals surface area (Å²) >= 11 is 0. The van der Waals surface area contributed by atoms with Gasteiger partial charge in [-0.15, -0.1) is 0 Å².